The van der Waals surface area contributed by atoms with Gasteiger partial charge >= 0.3 is 5.97 Å². The fourth-order valence-corrected chi connectivity index (χ4v) is 3.02. The summed E-state index contributed by atoms with van der Waals surface area (Å²) in [5.41, 5.74) is 1.77. The van der Waals surface area contributed by atoms with E-state index in [-0.39, 0.29) is 6.10 Å². The molecule has 0 saturated carbocycles. The number of fused-ring (bicyclic) bond motifs is 1. The molecule has 5 nitrogen and oxygen atoms in total. The SMILES string of the molecule is CC(C)Oc1ccc2nccc(N3CCC[C@H]3C(=O)O)c2c1. The van der Waals surface area contributed by atoms with Gasteiger partial charge in [-0.3, -0.25) is 4.98 Å². The van der Waals surface area contributed by atoms with E-state index in [2.05, 4.69) is 4.98 Å². The molecule has 2 aromatic rings. The monoisotopic (exact) mass is 300 g/mol. The molecule has 0 spiro atoms. The predicted octanol–water partition coefficient (Wildman–Crippen LogP) is 3.08. The number of anilines is 1. The first-order chi connectivity index (χ1) is 10.6. The van der Waals surface area contributed by atoms with Gasteiger partial charge < -0.3 is 14.7 Å². The average Bonchev–Trinajstić information content (AvgIpc) is 2.95. The minimum atomic E-state index is -0.767. The van der Waals surface area contributed by atoms with Crippen molar-refractivity contribution in [3.63, 3.8) is 0 Å². The summed E-state index contributed by atoms with van der Waals surface area (Å²) in [4.78, 5) is 17.8. The van der Waals surface area contributed by atoms with Gasteiger partial charge in [0.15, 0.2) is 0 Å². The van der Waals surface area contributed by atoms with Gasteiger partial charge in [-0.25, -0.2) is 4.79 Å². The van der Waals surface area contributed by atoms with Crippen LogP contribution in [0, 0.1) is 0 Å². The lowest BCUT2D eigenvalue weighted by molar-refractivity contribution is -0.138. The second-order valence-electron chi connectivity index (χ2n) is 5.87. The summed E-state index contributed by atoms with van der Waals surface area (Å²) in [6.45, 7) is 4.72. The quantitative estimate of drug-likeness (QED) is 0.940. The van der Waals surface area contributed by atoms with Crippen LogP contribution in [0.2, 0.25) is 0 Å². The van der Waals surface area contributed by atoms with Crippen molar-refractivity contribution < 1.29 is 14.6 Å². The summed E-state index contributed by atoms with van der Waals surface area (Å²) in [5.74, 6) is 0.0138. The number of carboxylic acid groups (broad SMARTS) is 1. The van der Waals surface area contributed by atoms with E-state index in [9.17, 15) is 9.90 Å². The Morgan fingerprint density at radius 2 is 2.23 bits per heavy atom. The summed E-state index contributed by atoms with van der Waals surface area (Å²) in [6.07, 6.45) is 3.40. The van der Waals surface area contributed by atoms with Crippen LogP contribution in [0.15, 0.2) is 30.5 Å². The maximum absolute atomic E-state index is 11.5. The molecule has 0 amide bonds. The van der Waals surface area contributed by atoms with Gasteiger partial charge in [-0.15, -0.1) is 0 Å². The summed E-state index contributed by atoms with van der Waals surface area (Å²) >= 11 is 0. The second-order valence-corrected chi connectivity index (χ2v) is 5.87. The molecular weight excluding hydrogens is 280 g/mol. The van der Waals surface area contributed by atoms with E-state index in [1.54, 1.807) is 6.20 Å². The third kappa shape index (κ3) is 2.71. The van der Waals surface area contributed by atoms with E-state index in [1.165, 1.54) is 0 Å². The van der Waals surface area contributed by atoms with Crippen LogP contribution in [0.5, 0.6) is 5.75 Å². The third-order valence-corrected chi connectivity index (χ3v) is 3.91. The van der Waals surface area contributed by atoms with Crippen LogP contribution in [0.4, 0.5) is 5.69 Å². The molecule has 3 rings (SSSR count). The molecule has 0 radical (unpaired) electrons. The number of ether oxygens (including phenoxy) is 1. The lowest BCUT2D eigenvalue weighted by atomic mass is 10.1. The molecule has 0 bridgehead atoms. The summed E-state index contributed by atoms with van der Waals surface area (Å²) in [7, 11) is 0. The van der Waals surface area contributed by atoms with E-state index >= 15 is 0 Å². The second kappa shape index (κ2) is 5.83. The van der Waals surface area contributed by atoms with Crippen LogP contribution in [0.3, 0.4) is 0 Å². The van der Waals surface area contributed by atoms with E-state index in [0.29, 0.717) is 6.42 Å². The van der Waals surface area contributed by atoms with Gasteiger partial charge in [0.2, 0.25) is 0 Å². The molecule has 116 valence electrons. The van der Waals surface area contributed by atoms with Crippen molar-refractivity contribution in [2.24, 2.45) is 0 Å². The van der Waals surface area contributed by atoms with E-state index < -0.39 is 12.0 Å². The van der Waals surface area contributed by atoms with Crippen LogP contribution in [0.25, 0.3) is 10.9 Å². The minimum Gasteiger partial charge on any atom is -0.491 e. The molecule has 0 unspecified atom stereocenters. The molecule has 22 heavy (non-hydrogen) atoms. The Hall–Kier alpha value is -2.30. The van der Waals surface area contributed by atoms with Crippen molar-refractivity contribution in [1.82, 2.24) is 4.98 Å². The van der Waals surface area contributed by atoms with Crippen LogP contribution >= 0.6 is 0 Å². The first kappa shape index (κ1) is 14.6. The normalized spacial score (nSPS) is 18.1. The first-order valence-corrected chi connectivity index (χ1v) is 7.61. The Labute approximate surface area is 129 Å². The number of pyridine rings is 1. The number of hydrogen-bond donors (Lipinski definition) is 1. The molecule has 1 N–H and O–H groups in total. The number of rotatable bonds is 4. The van der Waals surface area contributed by atoms with Crippen LogP contribution in [-0.4, -0.2) is 34.8 Å². The van der Waals surface area contributed by atoms with Crippen LogP contribution in [-0.2, 0) is 4.79 Å². The van der Waals surface area contributed by atoms with Gasteiger partial charge in [-0.1, -0.05) is 0 Å². The van der Waals surface area contributed by atoms with Crippen molar-refractivity contribution in [2.75, 3.05) is 11.4 Å². The summed E-state index contributed by atoms with van der Waals surface area (Å²) in [6, 6.07) is 7.21. The minimum absolute atomic E-state index is 0.0936. The van der Waals surface area contributed by atoms with Crippen molar-refractivity contribution in [3.8, 4) is 5.75 Å². The fourth-order valence-electron chi connectivity index (χ4n) is 3.02. The van der Waals surface area contributed by atoms with E-state index in [0.717, 1.165) is 35.3 Å². The van der Waals surface area contributed by atoms with Crippen LogP contribution < -0.4 is 9.64 Å². The molecule has 5 heteroatoms. The highest BCUT2D eigenvalue weighted by Gasteiger charge is 2.31. The Morgan fingerprint density at radius 1 is 1.41 bits per heavy atom. The van der Waals surface area contributed by atoms with Gasteiger partial charge in [0.25, 0.3) is 0 Å². The highest BCUT2D eigenvalue weighted by Crippen LogP contribution is 2.33. The van der Waals surface area contributed by atoms with Gasteiger partial charge in [0.05, 0.1) is 11.6 Å². The highest BCUT2D eigenvalue weighted by atomic mass is 16.5. The predicted molar refractivity (Wildman–Crippen MR) is 85.5 cm³/mol. The smallest absolute Gasteiger partial charge is 0.326 e. The largest absolute Gasteiger partial charge is 0.491 e. The maximum Gasteiger partial charge on any atom is 0.326 e. The van der Waals surface area contributed by atoms with E-state index in [1.807, 2.05) is 43.0 Å². The Kier molecular flexibility index (Phi) is 3.88. The topological polar surface area (TPSA) is 62.7 Å². The molecule has 0 aliphatic carbocycles. The van der Waals surface area contributed by atoms with Gasteiger partial charge in [-0.2, -0.15) is 0 Å². The zero-order chi connectivity index (χ0) is 15.7. The zero-order valence-corrected chi connectivity index (χ0v) is 12.8. The third-order valence-electron chi connectivity index (χ3n) is 3.91. The average molecular weight is 300 g/mol. The molecule has 2 heterocycles. The van der Waals surface area contributed by atoms with Crippen molar-refractivity contribution in [3.05, 3.63) is 30.5 Å². The number of hydrogen-bond acceptors (Lipinski definition) is 4. The molecule has 1 aromatic carbocycles. The number of benzene rings is 1. The van der Waals surface area contributed by atoms with Gasteiger partial charge in [0.1, 0.15) is 11.8 Å². The number of aromatic nitrogens is 1. The molecule has 1 saturated heterocycles. The van der Waals surface area contributed by atoms with Gasteiger partial charge in [-0.05, 0) is 51.0 Å². The van der Waals surface area contributed by atoms with Crippen molar-refractivity contribution in [2.45, 2.75) is 38.8 Å². The Balaban J connectivity index is 2.06. The molecular formula is C17H20N2O3. The number of aliphatic carboxylic acids is 1. The van der Waals surface area contributed by atoms with Crippen LogP contribution in [0.1, 0.15) is 26.7 Å². The number of nitrogens with zero attached hydrogens (tertiary/aromatic N) is 2. The lowest BCUT2D eigenvalue weighted by Gasteiger charge is -2.25. The van der Waals surface area contributed by atoms with Gasteiger partial charge in [0, 0.05) is 23.8 Å². The van der Waals surface area contributed by atoms with Crippen molar-refractivity contribution >= 4 is 22.6 Å². The highest BCUT2D eigenvalue weighted by molar-refractivity contribution is 5.94. The summed E-state index contributed by atoms with van der Waals surface area (Å²) < 4.78 is 5.75. The maximum atomic E-state index is 11.5. The summed E-state index contributed by atoms with van der Waals surface area (Å²) in [5, 5.41) is 10.3. The van der Waals surface area contributed by atoms with Crippen molar-refractivity contribution in [1.29, 1.82) is 0 Å². The Bertz CT molecular complexity index is 699. The molecule has 1 aliphatic heterocycles. The molecule has 1 atom stereocenters. The Morgan fingerprint density at radius 3 is 2.95 bits per heavy atom. The van der Waals surface area contributed by atoms with E-state index in [4.69, 9.17) is 4.74 Å². The molecule has 1 aromatic heterocycles. The molecule has 1 fully saturated rings. The standard InChI is InChI=1S/C17H20N2O3/c1-11(2)22-12-5-6-14-13(10-12)15(7-8-18-14)19-9-3-4-16(19)17(20)21/h5-8,10-11,16H,3-4,9H2,1-2H3,(H,20,21)/t16-/m0/s1. The first-order valence-electron chi connectivity index (χ1n) is 7.61. The number of carbonyl (C=O) groups is 1. The zero-order valence-electron chi connectivity index (χ0n) is 12.8. The number of carboxylic acids is 1. The molecule has 1 aliphatic rings. The lowest BCUT2D eigenvalue weighted by Crippen LogP contribution is -2.36. The fraction of sp³-hybridized carbons (Fsp3) is 0.412.